The van der Waals surface area contributed by atoms with Gasteiger partial charge >= 0.3 is 0 Å². The first-order valence-corrected chi connectivity index (χ1v) is 8.32. The highest BCUT2D eigenvalue weighted by Crippen LogP contribution is 2.20. The second kappa shape index (κ2) is 8.62. The number of anilines is 1. The molecule has 0 aliphatic rings. The van der Waals surface area contributed by atoms with Crippen LogP contribution in [-0.4, -0.2) is 29.0 Å². The van der Waals surface area contributed by atoms with Gasteiger partial charge in [0.15, 0.2) is 0 Å². The third-order valence-electron chi connectivity index (χ3n) is 4.06. The maximum Gasteiger partial charge on any atom is 0.221 e. The number of nitrogens with one attached hydrogen (secondary N) is 1. The minimum atomic E-state index is -0.529. The molecule has 128 valence electrons. The van der Waals surface area contributed by atoms with Crippen molar-refractivity contribution in [1.29, 1.82) is 0 Å². The molecule has 0 heterocycles. The Morgan fingerprint density at radius 3 is 2.46 bits per heavy atom. The Bertz CT molecular complexity index is 668. The summed E-state index contributed by atoms with van der Waals surface area (Å²) in [6, 6.07) is 15.8. The molecule has 24 heavy (non-hydrogen) atoms. The average molecular weight is 326 g/mol. The Morgan fingerprint density at radius 1 is 1.17 bits per heavy atom. The predicted molar refractivity (Wildman–Crippen MR) is 97.8 cm³/mol. The summed E-state index contributed by atoms with van der Waals surface area (Å²) in [5.74, 6) is -0.0785. The Morgan fingerprint density at radius 2 is 1.83 bits per heavy atom. The number of carbonyl (C=O) groups excluding carboxylic acids is 1. The van der Waals surface area contributed by atoms with Gasteiger partial charge in [-0.2, -0.15) is 0 Å². The standard InChI is InChI=1S/C20H26N2O2/c1-4-22(14-20(24)17-11-9-15(2)10-12-17)13-18-7-5-6-8-19(18)21-16(3)23/h5-12,20,24H,4,13-14H2,1-3H3,(H,21,23). The second-order valence-corrected chi connectivity index (χ2v) is 6.09. The smallest absolute Gasteiger partial charge is 0.221 e. The van der Waals surface area contributed by atoms with Crippen LogP contribution < -0.4 is 5.32 Å². The Labute approximate surface area is 144 Å². The number of para-hydroxylation sites is 1. The number of likely N-dealkylation sites (N-methyl/N-ethyl adjacent to an activating group) is 1. The zero-order valence-corrected chi connectivity index (χ0v) is 14.6. The zero-order chi connectivity index (χ0) is 17.5. The van der Waals surface area contributed by atoms with E-state index in [1.54, 1.807) is 0 Å². The first-order valence-electron chi connectivity index (χ1n) is 8.32. The lowest BCUT2D eigenvalue weighted by atomic mass is 10.1. The molecule has 0 fully saturated rings. The molecule has 1 atom stereocenters. The molecule has 0 radical (unpaired) electrons. The molecule has 4 heteroatoms. The lowest BCUT2D eigenvalue weighted by Gasteiger charge is -2.25. The zero-order valence-electron chi connectivity index (χ0n) is 14.6. The van der Waals surface area contributed by atoms with Crippen LogP contribution in [0.15, 0.2) is 48.5 Å². The van der Waals surface area contributed by atoms with Crippen LogP contribution in [0.1, 0.15) is 36.6 Å². The van der Waals surface area contributed by atoms with Gasteiger partial charge in [-0.3, -0.25) is 9.69 Å². The lowest BCUT2D eigenvalue weighted by Crippen LogP contribution is -2.28. The quantitative estimate of drug-likeness (QED) is 0.819. The summed E-state index contributed by atoms with van der Waals surface area (Å²) in [5, 5.41) is 13.4. The third kappa shape index (κ3) is 5.18. The maximum absolute atomic E-state index is 11.3. The van der Waals surface area contributed by atoms with Gasteiger partial charge in [-0.05, 0) is 30.7 Å². The van der Waals surface area contributed by atoms with Crippen molar-refractivity contribution in [3.8, 4) is 0 Å². The summed E-state index contributed by atoms with van der Waals surface area (Å²) >= 11 is 0. The minimum Gasteiger partial charge on any atom is -0.387 e. The Hall–Kier alpha value is -2.17. The van der Waals surface area contributed by atoms with Gasteiger partial charge in [0.25, 0.3) is 0 Å². The van der Waals surface area contributed by atoms with Gasteiger partial charge in [-0.15, -0.1) is 0 Å². The van der Waals surface area contributed by atoms with Crippen LogP contribution in [0.4, 0.5) is 5.69 Å². The topological polar surface area (TPSA) is 52.6 Å². The van der Waals surface area contributed by atoms with Crippen LogP contribution >= 0.6 is 0 Å². The summed E-state index contributed by atoms with van der Waals surface area (Å²) in [5.41, 5.74) is 3.98. The molecule has 0 bridgehead atoms. The van der Waals surface area contributed by atoms with E-state index in [2.05, 4.69) is 17.1 Å². The van der Waals surface area contributed by atoms with E-state index < -0.39 is 6.10 Å². The van der Waals surface area contributed by atoms with Crippen molar-refractivity contribution < 1.29 is 9.90 Å². The number of aryl methyl sites for hydroxylation is 1. The van der Waals surface area contributed by atoms with E-state index in [0.29, 0.717) is 13.1 Å². The van der Waals surface area contributed by atoms with E-state index in [4.69, 9.17) is 0 Å². The van der Waals surface area contributed by atoms with Crippen molar-refractivity contribution in [3.63, 3.8) is 0 Å². The van der Waals surface area contributed by atoms with Gasteiger partial charge in [0.05, 0.1) is 6.10 Å². The predicted octanol–water partition coefficient (Wildman–Crippen LogP) is 3.51. The molecule has 0 aliphatic heterocycles. The Balaban J connectivity index is 2.07. The largest absolute Gasteiger partial charge is 0.387 e. The van der Waals surface area contributed by atoms with Crippen molar-refractivity contribution >= 4 is 11.6 Å². The number of amides is 1. The normalized spacial score (nSPS) is 12.2. The van der Waals surface area contributed by atoms with Gasteiger partial charge in [0, 0.05) is 25.7 Å². The van der Waals surface area contributed by atoms with Crippen LogP contribution in [-0.2, 0) is 11.3 Å². The SMILES string of the molecule is CCN(Cc1ccccc1NC(C)=O)CC(O)c1ccc(C)cc1. The number of nitrogens with zero attached hydrogens (tertiary/aromatic N) is 1. The van der Waals surface area contributed by atoms with E-state index in [1.165, 1.54) is 12.5 Å². The molecule has 1 amide bonds. The number of aliphatic hydroxyl groups excluding tert-OH is 1. The van der Waals surface area contributed by atoms with Crippen LogP contribution in [0.2, 0.25) is 0 Å². The fourth-order valence-corrected chi connectivity index (χ4v) is 2.65. The highest BCUT2D eigenvalue weighted by Gasteiger charge is 2.14. The molecule has 0 aromatic heterocycles. The lowest BCUT2D eigenvalue weighted by molar-refractivity contribution is -0.114. The summed E-state index contributed by atoms with van der Waals surface area (Å²) in [6.45, 7) is 7.66. The average Bonchev–Trinajstić information content (AvgIpc) is 2.56. The van der Waals surface area contributed by atoms with Crippen molar-refractivity contribution in [2.75, 3.05) is 18.4 Å². The summed E-state index contributed by atoms with van der Waals surface area (Å²) in [6.07, 6.45) is -0.529. The van der Waals surface area contributed by atoms with Crippen LogP contribution in [0.25, 0.3) is 0 Å². The van der Waals surface area contributed by atoms with E-state index in [1.807, 2.05) is 55.5 Å². The molecular weight excluding hydrogens is 300 g/mol. The van der Waals surface area contributed by atoms with Gasteiger partial charge < -0.3 is 10.4 Å². The summed E-state index contributed by atoms with van der Waals surface area (Å²) in [7, 11) is 0. The van der Waals surface area contributed by atoms with Crippen molar-refractivity contribution in [3.05, 3.63) is 65.2 Å². The van der Waals surface area contributed by atoms with Crippen molar-refractivity contribution in [1.82, 2.24) is 4.90 Å². The Kier molecular flexibility index (Phi) is 6.53. The number of aliphatic hydroxyl groups is 1. The number of rotatable bonds is 7. The monoisotopic (exact) mass is 326 g/mol. The van der Waals surface area contributed by atoms with E-state index in [0.717, 1.165) is 23.4 Å². The highest BCUT2D eigenvalue weighted by atomic mass is 16.3. The summed E-state index contributed by atoms with van der Waals surface area (Å²) < 4.78 is 0. The highest BCUT2D eigenvalue weighted by molar-refractivity contribution is 5.89. The second-order valence-electron chi connectivity index (χ2n) is 6.09. The van der Waals surface area contributed by atoms with Gasteiger partial charge in [0.2, 0.25) is 5.91 Å². The van der Waals surface area contributed by atoms with Crippen molar-refractivity contribution in [2.24, 2.45) is 0 Å². The molecular formula is C20H26N2O2. The molecule has 2 aromatic rings. The number of hydrogen-bond donors (Lipinski definition) is 2. The first kappa shape index (κ1) is 18.2. The van der Waals surface area contributed by atoms with Crippen LogP contribution in [0, 0.1) is 6.92 Å². The summed E-state index contributed by atoms with van der Waals surface area (Å²) in [4.78, 5) is 13.5. The number of benzene rings is 2. The third-order valence-corrected chi connectivity index (χ3v) is 4.06. The maximum atomic E-state index is 11.3. The molecule has 2 aromatic carbocycles. The molecule has 2 N–H and O–H groups in total. The first-order chi connectivity index (χ1) is 11.5. The molecule has 0 saturated heterocycles. The molecule has 2 rings (SSSR count). The molecule has 4 nitrogen and oxygen atoms in total. The van der Waals surface area contributed by atoms with Crippen LogP contribution in [0.5, 0.6) is 0 Å². The van der Waals surface area contributed by atoms with E-state index in [9.17, 15) is 9.90 Å². The molecule has 0 spiro atoms. The van der Waals surface area contributed by atoms with Gasteiger partial charge in [-0.25, -0.2) is 0 Å². The van der Waals surface area contributed by atoms with Crippen molar-refractivity contribution in [2.45, 2.75) is 33.4 Å². The van der Waals surface area contributed by atoms with Crippen LogP contribution in [0.3, 0.4) is 0 Å². The minimum absolute atomic E-state index is 0.0785. The fourth-order valence-electron chi connectivity index (χ4n) is 2.65. The molecule has 0 aliphatic carbocycles. The van der Waals surface area contributed by atoms with E-state index >= 15 is 0 Å². The molecule has 1 unspecified atom stereocenters. The molecule has 0 saturated carbocycles. The number of hydrogen-bond acceptors (Lipinski definition) is 3. The van der Waals surface area contributed by atoms with Gasteiger partial charge in [0.1, 0.15) is 0 Å². The fraction of sp³-hybridized carbons (Fsp3) is 0.350. The van der Waals surface area contributed by atoms with E-state index in [-0.39, 0.29) is 5.91 Å². The number of carbonyl (C=O) groups is 1. The van der Waals surface area contributed by atoms with Gasteiger partial charge in [-0.1, -0.05) is 55.0 Å².